The first-order chi connectivity index (χ1) is 8.16. The molecule has 0 aliphatic heterocycles. The Morgan fingerprint density at radius 3 is 2.88 bits per heavy atom. The highest BCUT2D eigenvalue weighted by Crippen LogP contribution is 2.28. The molecule has 0 spiro atoms. The van der Waals surface area contributed by atoms with Crippen molar-refractivity contribution in [2.45, 2.75) is 19.6 Å². The summed E-state index contributed by atoms with van der Waals surface area (Å²) in [6.07, 6.45) is 1.63. The Labute approximate surface area is 109 Å². The average molecular weight is 296 g/mol. The van der Waals surface area contributed by atoms with Crippen molar-refractivity contribution in [3.05, 3.63) is 52.4 Å². The van der Waals surface area contributed by atoms with Gasteiger partial charge >= 0.3 is 0 Å². The zero-order valence-electron chi connectivity index (χ0n) is 9.52. The van der Waals surface area contributed by atoms with E-state index >= 15 is 0 Å². The standard InChI is InChI=1S/C13H14BrNO2/c1-9(15)12-5-4-10(14)7-13(12)17-8-11-3-2-6-16-11/h2-7,9H,8,15H2,1H3. The minimum Gasteiger partial charge on any atom is -0.485 e. The van der Waals surface area contributed by atoms with E-state index < -0.39 is 0 Å². The lowest BCUT2D eigenvalue weighted by Crippen LogP contribution is -2.08. The summed E-state index contributed by atoms with van der Waals surface area (Å²) in [6.45, 7) is 2.34. The van der Waals surface area contributed by atoms with Gasteiger partial charge in [0.1, 0.15) is 18.1 Å². The maximum absolute atomic E-state index is 5.89. The van der Waals surface area contributed by atoms with Crippen LogP contribution in [0.4, 0.5) is 0 Å². The van der Waals surface area contributed by atoms with Crippen molar-refractivity contribution in [3.63, 3.8) is 0 Å². The number of furan rings is 1. The maximum atomic E-state index is 5.89. The van der Waals surface area contributed by atoms with Gasteiger partial charge in [0.05, 0.1) is 6.26 Å². The van der Waals surface area contributed by atoms with Gasteiger partial charge in [-0.3, -0.25) is 0 Å². The van der Waals surface area contributed by atoms with E-state index in [4.69, 9.17) is 14.9 Å². The molecule has 0 aliphatic rings. The van der Waals surface area contributed by atoms with Crippen LogP contribution in [0.2, 0.25) is 0 Å². The lowest BCUT2D eigenvalue weighted by Gasteiger charge is -2.13. The van der Waals surface area contributed by atoms with Crippen LogP contribution >= 0.6 is 15.9 Å². The van der Waals surface area contributed by atoms with Gasteiger partial charge in [-0.15, -0.1) is 0 Å². The zero-order valence-corrected chi connectivity index (χ0v) is 11.1. The molecule has 0 radical (unpaired) electrons. The highest BCUT2D eigenvalue weighted by molar-refractivity contribution is 9.10. The molecule has 2 rings (SSSR count). The van der Waals surface area contributed by atoms with Gasteiger partial charge in [0.15, 0.2) is 0 Å². The second-order valence-electron chi connectivity index (χ2n) is 3.84. The Bertz CT molecular complexity index is 480. The van der Waals surface area contributed by atoms with E-state index in [9.17, 15) is 0 Å². The van der Waals surface area contributed by atoms with Crippen molar-refractivity contribution in [1.82, 2.24) is 0 Å². The van der Waals surface area contributed by atoms with Gasteiger partial charge in [0.25, 0.3) is 0 Å². The van der Waals surface area contributed by atoms with Crippen LogP contribution in [0.25, 0.3) is 0 Å². The van der Waals surface area contributed by atoms with Gasteiger partial charge in [0.2, 0.25) is 0 Å². The summed E-state index contributed by atoms with van der Waals surface area (Å²) in [4.78, 5) is 0. The molecule has 0 amide bonds. The normalized spacial score (nSPS) is 12.4. The first kappa shape index (κ1) is 12.2. The van der Waals surface area contributed by atoms with Crippen LogP contribution in [0.1, 0.15) is 24.3 Å². The average Bonchev–Trinajstić information content (AvgIpc) is 2.78. The van der Waals surface area contributed by atoms with Crippen molar-refractivity contribution in [3.8, 4) is 5.75 Å². The van der Waals surface area contributed by atoms with Crippen LogP contribution in [0, 0.1) is 0 Å². The number of benzene rings is 1. The molecule has 90 valence electrons. The van der Waals surface area contributed by atoms with Crippen molar-refractivity contribution < 1.29 is 9.15 Å². The van der Waals surface area contributed by atoms with Crippen LogP contribution in [0.15, 0.2) is 45.5 Å². The minimum absolute atomic E-state index is 0.0605. The summed E-state index contributed by atoms with van der Waals surface area (Å²) in [6, 6.07) is 9.50. The molecule has 3 nitrogen and oxygen atoms in total. The molecule has 0 saturated carbocycles. The van der Waals surface area contributed by atoms with Crippen molar-refractivity contribution >= 4 is 15.9 Å². The topological polar surface area (TPSA) is 48.4 Å². The van der Waals surface area contributed by atoms with Crippen LogP contribution < -0.4 is 10.5 Å². The molecule has 1 aromatic heterocycles. The van der Waals surface area contributed by atoms with Crippen molar-refractivity contribution in [1.29, 1.82) is 0 Å². The Hall–Kier alpha value is -1.26. The third-order valence-corrected chi connectivity index (χ3v) is 2.91. The maximum Gasteiger partial charge on any atom is 0.146 e. The lowest BCUT2D eigenvalue weighted by molar-refractivity contribution is 0.266. The predicted octanol–water partition coefficient (Wildman–Crippen LogP) is 3.64. The van der Waals surface area contributed by atoms with E-state index in [0.29, 0.717) is 6.61 Å². The monoisotopic (exact) mass is 295 g/mol. The Morgan fingerprint density at radius 2 is 2.24 bits per heavy atom. The van der Waals surface area contributed by atoms with Crippen LogP contribution in [0.5, 0.6) is 5.75 Å². The molecule has 1 atom stereocenters. The summed E-state index contributed by atoms with van der Waals surface area (Å²) < 4.78 is 11.9. The molecule has 2 aromatic rings. The second kappa shape index (κ2) is 5.38. The van der Waals surface area contributed by atoms with Gasteiger partial charge in [-0.2, -0.15) is 0 Å². The lowest BCUT2D eigenvalue weighted by atomic mass is 10.1. The SMILES string of the molecule is CC(N)c1ccc(Br)cc1OCc1ccco1. The minimum atomic E-state index is -0.0605. The largest absolute Gasteiger partial charge is 0.485 e. The number of hydrogen-bond donors (Lipinski definition) is 1. The number of nitrogens with two attached hydrogens (primary N) is 1. The Kier molecular flexibility index (Phi) is 3.86. The molecule has 0 bridgehead atoms. The second-order valence-corrected chi connectivity index (χ2v) is 4.75. The molecule has 0 fully saturated rings. The number of hydrogen-bond acceptors (Lipinski definition) is 3. The Morgan fingerprint density at radius 1 is 1.41 bits per heavy atom. The van der Waals surface area contributed by atoms with E-state index in [1.807, 2.05) is 37.3 Å². The molecule has 17 heavy (non-hydrogen) atoms. The summed E-state index contributed by atoms with van der Waals surface area (Å²) in [5.41, 5.74) is 6.88. The summed E-state index contributed by atoms with van der Waals surface area (Å²) in [5.74, 6) is 1.58. The van der Waals surface area contributed by atoms with Gasteiger partial charge in [-0.1, -0.05) is 22.0 Å². The number of halogens is 1. The van der Waals surface area contributed by atoms with E-state index in [0.717, 1.165) is 21.5 Å². The summed E-state index contributed by atoms with van der Waals surface area (Å²) in [5, 5.41) is 0. The van der Waals surface area contributed by atoms with Crippen LogP contribution in [-0.2, 0) is 6.61 Å². The fourth-order valence-electron chi connectivity index (χ4n) is 1.55. The van der Waals surface area contributed by atoms with E-state index in [1.165, 1.54) is 0 Å². The fourth-order valence-corrected chi connectivity index (χ4v) is 1.89. The molecule has 1 unspecified atom stereocenters. The van der Waals surface area contributed by atoms with Gasteiger partial charge in [0, 0.05) is 16.1 Å². The fraction of sp³-hybridized carbons (Fsp3) is 0.231. The van der Waals surface area contributed by atoms with Crippen molar-refractivity contribution in [2.24, 2.45) is 5.73 Å². The predicted molar refractivity (Wildman–Crippen MR) is 69.8 cm³/mol. The first-order valence-electron chi connectivity index (χ1n) is 5.37. The summed E-state index contributed by atoms with van der Waals surface area (Å²) >= 11 is 3.42. The van der Waals surface area contributed by atoms with Gasteiger partial charge in [-0.05, 0) is 31.2 Å². The Balaban J connectivity index is 2.16. The number of ether oxygens (including phenoxy) is 1. The van der Waals surface area contributed by atoms with Gasteiger partial charge in [-0.25, -0.2) is 0 Å². The van der Waals surface area contributed by atoms with Crippen molar-refractivity contribution in [2.75, 3.05) is 0 Å². The molecule has 2 N–H and O–H groups in total. The van der Waals surface area contributed by atoms with E-state index in [-0.39, 0.29) is 6.04 Å². The van der Waals surface area contributed by atoms with Crippen LogP contribution in [0.3, 0.4) is 0 Å². The highest BCUT2D eigenvalue weighted by atomic mass is 79.9. The third-order valence-electron chi connectivity index (χ3n) is 2.42. The van der Waals surface area contributed by atoms with Gasteiger partial charge < -0.3 is 14.9 Å². The molecule has 1 aromatic carbocycles. The van der Waals surface area contributed by atoms with Crippen LogP contribution in [-0.4, -0.2) is 0 Å². The molecule has 0 saturated heterocycles. The van der Waals surface area contributed by atoms with E-state index in [2.05, 4.69) is 15.9 Å². The summed E-state index contributed by atoms with van der Waals surface area (Å²) in [7, 11) is 0. The quantitative estimate of drug-likeness (QED) is 0.937. The first-order valence-corrected chi connectivity index (χ1v) is 6.16. The number of rotatable bonds is 4. The molecule has 0 aliphatic carbocycles. The van der Waals surface area contributed by atoms with E-state index in [1.54, 1.807) is 6.26 Å². The highest BCUT2D eigenvalue weighted by Gasteiger charge is 2.09. The molecular weight excluding hydrogens is 282 g/mol. The smallest absolute Gasteiger partial charge is 0.146 e. The molecule has 4 heteroatoms. The zero-order chi connectivity index (χ0) is 12.3. The molecular formula is C13H14BrNO2. The molecule has 1 heterocycles. The third kappa shape index (κ3) is 3.11.